The molecule has 0 spiro atoms. The summed E-state index contributed by atoms with van der Waals surface area (Å²) in [6, 6.07) is 13.1. The molecular weight excluding hydrogens is 286 g/mol. The van der Waals surface area contributed by atoms with E-state index in [1.165, 1.54) is 0 Å². The molecule has 0 atom stereocenters. The Balaban J connectivity index is 1.83. The van der Waals surface area contributed by atoms with E-state index in [0.717, 1.165) is 11.2 Å². The van der Waals surface area contributed by atoms with Crippen molar-refractivity contribution in [2.24, 2.45) is 0 Å². The van der Waals surface area contributed by atoms with Crippen LogP contribution in [0.25, 0.3) is 5.65 Å². The van der Waals surface area contributed by atoms with Gasteiger partial charge in [0.05, 0.1) is 5.69 Å². The molecule has 3 rings (SSSR count). The van der Waals surface area contributed by atoms with Crippen molar-refractivity contribution in [1.82, 2.24) is 14.7 Å². The Hall–Kier alpha value is -2.33. The zero-order valence-corrected chi connectivity index (χ0v) is 12.3. The number of aryl methyl sites for hydroxylation is 1. The first-order chi connectivity index (χ1) is 10.1. The number of hydrogen-bond donors (Lipinski definition) is 1. The highest BCUT2D eigenvalue weighted by Crippen LogP contribution is 2.13. The molecule has 0 saturated heterocycles. The predicted octanol–water partition coefficient (Wildman–Crippen LogP) is 3.23. The molecule has 0 fully saturated rings. The van der Waals surface area contributed by atoms with Gasteiger partial charge in [-0.1, -0.05) is 29.8 Å². The first-order valence-corrected chi connectivity index (χ1v) is 6.99. The Bertz CT molecular complexity index is 810. The van der Waals surface area contributed by atoms with Crippen molar-refractivity contribution < 1.29 is 4.79 Å². The van der Waals surface area contributed by atoms with E-state index < -0.39 is 0 Å². The van der Waals surface area contributed by atoms with E-state index in [1.54, 1.807) is 4.40 Å². The van der Waals surface area contributed by atoms with Gasteiger partial charge in [-0.2, -0.15) is 0 Å². The van der Waals surface area contributed by atoms with Crippen LogP contribution in [-0.2, 0) is 6.54 Å². The van der Waals surface area contributed by atoms with Crippen LogP contribution in [0.15, 0.2) is 48.7 Å². The topological polar surface area (TPSA) is 46.4 Å². The summed E-state index contributed by atoms with van der Waals surface area (Å²) >= 11 is 5.94. The van der Waals surface area contributed by atoms with Crippen molar-refractivity contribution in [2.45, 2.75) is 13.5 Å². The zero-order chi connectivity index (χ0) is 14.8. The molecular formula is C16H14ClN3O. The Kier molecular flexibility index (Phi) is 3.62. The maximum absolute atomic E-state index is 12.4. The third-order valence-electron chi connectivity index (χ3n) is 3.26. The van der Waals surface area contributed by atoms with Gasteiger partial charge >= 0.3 is 0 Å². The van der Waals surface area contributed by atoms with E-state index in [0.29, 0.717) is 23.0 Å². The second-order valence-corrected chi connectivity index (χ2v) is 5.22. The summed E-state index contributed by atoms with van der Waals surface area (Å²) in [7, 11) is 0. The number of fused-ring (bicyclic) bond motifs is 1. The SMILES string of the molecule is Cc1nc2ccccn2c1C(=O)NCc1cccc(Cl)c1. The number of carbonyl (C=O) groups is 1. The van der Waals surface area contributed by atoms with Crippen LogP contribution in [0.5, 0.6) is 0 Å². The van der Waals surface area contributed by atoms with Crippen LogP contribution in [0.4, 0.5) is 0 Å². The molecule has 106 valence electrons. The molecule has 1 amide bonds. The number of nitrogens with one attached hydrogen (secondary N) is 1. The largest absolute Gasteiger partial charge is 0.347 e. The molecule has 1 aromatic carbocycles. The number of aromatic nitrogens is 2. The average molecular weight is 300 g/mol. The molecule has 4 nitrogen and oxygen atoms in total. The van der Waals surface area contributed by atoms with Gasteiger partial charge in [-0.3, -0.25) is 9.20 Å². The van der Waals surface area contributed by atoms with Gasteiger partial charge in [-0.25, -0.2) is 4.98 Å². The highest BCUT2D eigenvalue weighted by molar-refractivity contribution is 6.30. The van der Waals surface area contributed by atoms with E-state index in [2.05, 4.69) is 10.3 Å². The average Bonchev–Trinajstić information content (AvgIpc) is 2.81. The van der Waals surface area contributed by atoms with Crippen LogP contribution >= 0.6 is 11.6 Å². The Morgan fingerprint density at radius 1 is 1.29 bits per heavy atom. The third-order valence-corrected chi connectivity index (χ3v) is 3.50. The Labute approximate surface area is 127 Å². The molecule has 0 aliphatic carbocycles. The fourth-order valence-corrected chi connectivity index (χ4v) is 2.51. The lowest BCUT2D eigenvalue weighted by atomic mass is 10.2. The molecule has 0 bridgehead atoms. The van der Waals surface area contributed by atoms with Crippen LogP contribution in [0.2, 0.25) is 5.02 Å². The summed E-state index contributed by atoms with van der Waals surface area (Å²) in [5.74, 6) is -0.147. The van der Waals surface area contributed by atoms with Crippen LogP contribution in [0, 0.1) is 6.92 Å². The minimum atomic E-state index is -0.147. The molecule has 3 aromatic rings. The summed E-state index contributed by atoms with van der Waals surface area (Å²) in [5.41, 5.74) is 3.00. The summed E-state index contributed by atoms with van der Waals surface area (Å²) in [5, 5.41) is 3.56. The molecule has 0 radical (unpaired) electrons. The third kappa shape index (κ3) is 2.76. The van der Waals surface area contributed by atoms with E-state index in [1.807, 2.05) is 55.6 Å². The van der Waals surface area contributed by atoms with Gasteiger partial charge in [0.15, 0.2) is 0 Å². The van der Waals surface area contributed by atoms with Gasteiger partial charge in [0.1, 0.15) is 11.3 Å². The quantitative estimate of drug-likeness (QED) is 0.807. The van der Waals surface area contributed by atoms with E-state index in [4.69, 9.17) is 11.6 Å². The predicted molar refractivity (Wildman–Crippen MR) is 82.6 cm³/mol. The summed E-state index contributed by atoms with van der Waals surface area (Å²) in [4.78, 5) is 16.8. The van der Waals surface area contributed by atoms with Crippen molar-refractivity contribution >= 4 is 23.2 Å². The lowest BCUT2D eigenvalue weighted by Crippen LogP contribution is -2.24. The minimum absolute atomic E-state index is 0.147. The number of halogens is 1. The fraction of sp³-hybridized carbons (Fsp3) is 0.125. The van der Waals surface area contributed by atoms with E-state index >= 15 is 0 Å². The van der Waals surface area contributed by atoms with Crippen molar-refractivity contribution in [2.75, 3.05) is 0 Å². The summed E-state index contributed by atoms with van der Waals surface area (Å²) < 4.78 is 1.79. The number of carbonyl (C=O) groups excluding carboxylic acids is 1. The van der Waals surface area contributed by atoms with Crippen LogP contribution in [0.3, 0.4) is 0 Å². The summed E-state index contributed by atoms with van der Waals surface area (Å²) in [6.45, 7) is 2.26. The van der Waals surface area contributed by atoms with E-state index in [9.17, 15) is 4.79 Å². The minimum Gasteiger partial charge on any atom is -0.347 e. The molecule has 0 saturated carbocycles. The fourth-order valence-electron chi connectivity index (χ4n) is 2.30. The first-order valence-electron chi connectivity index (χ1n) is 6.61. The van der Waals surface area contributed by atoms with Crippen molar-refractivity contribution in [1.29, 1.82) is 0 Å². The molecule has 2 heterocycles. The molecule has 2 aromatic heterocycles. The van der Waals surface area contributed by atoms with Crippen molar-refractivity contribution in [3.8, 4) is 0 Å². The van der Waals surface area contributed by atoms with Crippen molar-refractivity contribution in [3.05, 3.63) is 70.6 Å². The van der Waals surface area contributed by atoms with Crippen LogP contribution in [-0.4, -0.2) is 15.3 Å². The maximum atomic E-state index is 12.4. The smallest absolute Gasteiger partial charge is 0.270 e. The van der Waals surface area contributed by atoms with Crippen LogP contribution < -0.4 is 5.32 Å². The van der Waals surface area contributed by atoms with Gasteiger partial charge in [-0.15, -0.1) is 0 Å². The van der Waals surface area contributed by atoms with Crippen LogP contribution in [0.1, 0.15) is 21.7 Å². The Morgan fingerprint density at radius 2 is 2.14 bits per heavy atom. The molecule has 0 unspecified atom stereocenters. The van der Waals surface area contributed by atoms with Gasteiger partial charge in [0.25, 0.3) is 5.91 Å². The molecule has 21 heavy (non-hydrogen) atoms. The first kappa shape index (κ1) is 13.6. The summed E-state index contributed by atoms with van der Waals surface area (Å²) in [6.07, 6.45) is 1.84. The molecule has 0 aliphatic rings. The number of nitrogens with zero attached hydrogens (tertiary/aromatic N) is 2. The highest BCUT2D eigenvalue weighted by Gasteiger charge is 2.15. The lowest BCUT2D eigenvalue weighted by molar-refractivity contribution is 0.0944. The number of pyridine rings is 1. The number of benzene rings is 1. The monoisotopic (exact) mass is 299 g/mol. The van der Waals surface area contributed by atoms with Crippen molar-refractivity contribution in [3.63, 3.8) is 0 Å². The second kappa shape index (κ2) is 5.58. The number of rotatable bonds is 3. The lowest BCUT2D eigenvalue weighted by Gasteiger charge is -2.06. The van der Waals surface area contributed by atoms with Gasteiger partial charge in [0, 0.05) is 17.8 Å². The number of amides is 1. The standard InChI is InChI=1S/C16H14ClN3O/c1-11-15(20-8-3-2-7-14(20)19-11)16(21)18-10-12-5-4-6-13(17)9-12/h2-9H,10H2,1H3,(H,18,21). The number of hydrogen-bond acceptors (Lipinski definition) is 2. The van der Waals surface area contributed by atoms with Gasteiger partial charge < -0.3 is 5.32 Å². The van der Waals surface area contributed by atoms with Gasteiger partial charge in [-0.05, 0) is 36.8 Å². The molecule has 1 N–H and O–H groups in total. The Morgan fingerprint density at radius 3 is 2.95 bits per heavy atom. The second-order valence-electron chi connectivity index (χ2n) is 4.79. The highest BCUT2D eigenvalue weighted by atomic mass is 35.5. The maximum Gasteiger partial charge on any atom is 0.270 e. The number of imidazole rings is 1. The molecule has 5 heteroatoms. The zero-order valence-electron chi connectivity index (χ0n) is 11.5. The molecule has 0 aliphatic heterocycles. The normalized spacial score (nSPS) is 10.8. The van der Waals surface area contributed by atoms with Gasteiger partial charge in [0.2, 0.25) is 0 Å². The van der Waals surface area contributed by atoms with E-state index in [-0.39, 0.29) is 5.91 Å².